The Morgan fingerprint density at radius 2 is 1.64 bits per heavy atom. The minimum atomic E-state index is -0.826. The predicted octanol–water partition coefficient (Wildman–Crippen LogP) is 3.30. The highest BCUT2D eigenvalue weighted by atomic mass is 19.2. The molecule has 1 fully saturated rings. The van der Waals surface area contributed by atoms with Gasteiger partial charge in [0.25, 0.3) is 0 Å². The Labute approximate surface area is 127 Å². The van der Waals surface area contributed by atoms with E-state index in [0.29, 0.717) is 31.9 Å². The van der Waals surface area contributed by atoms with Crippen molar-refractivity contribution >= 4 is 0 Å². The number of hydrogen-bond donors (Lipinski definition) is 1. The highest BCUT2D eigenvalue weighted by Gasteiger charge is 2.18. The quantitative estimate of drug-likeness (QED) is 0.919. The summed E-state index contributed by atoms with van der Waals surface area (Å²) in [6.45, 7) is 2.32. The van der Waals surface area contributed by atoms with Crippen LogP contribution >= 0.6 is 0 Å². The molecule has 116 valence electrons. The fourth-order valence-corrected chi connectivity index (χ4v) is 2.40. The molecule has 22 heavy (non-hydrogen) atoms. The van der Waals surface area contributed by atoms with Gasteiger partial charge in [0.1, 0.15) is 0 Å². The molecule has 0 amide bonds. The first-order valence-corrected chi connectivity index (χ1v) is 7.19. The van der Waals surface area contributed by atoms with Gasteiger partial charge in [-0.15, -0.1) is 0 Å². The minimum absolute atomic E-state index is 0.286. The summed E-state index contributed by atoms with van der Waals surface area (Å²) < 4.78 is 36.9. The van der Waals surface area contributed by atoms with Crippen molar-refractivity contribution in [2.75, 3.05) is 13.2 Å². The lowest BCUT2D eigenvalue weighted by Gasteiger charge is -2.11. The molecular formula is C17H17F2NO2. The molecule has 1 N–H and O–H groups in total. The lowest BCUT2D eigenvalue weighted by Crippen LogP contribution is -2.13. The van der Waals surface area contributed by atoms with Crippen molar-refractivity contribution in [1.82, 2.24) is 5.32 Å². The summed E-state index contributed by atoms with van der Waals surface area (Å²) >= 11 is 0. The molecule has 0 aliphatic carbocycles. The number of rotatable bonds is 5. The van der Waals surface area contributed by atoms with Crippen molar-refractivity contribution in [3.63, 3.8) is 0 Å². The molecule has 3 rings (SSSR count). The van der Waals surface area contributed by atoms with Crippen molar-refractivity contribution in [2.24, 2.45) is 0 Å². The average molecular weight is 305 g/mol. The summed E-state index contributed by atoms with van der Waals surface area (Å²) in [4.78, 5) is 0. The van der Waals surface area contributed by atoms with Gasteiger partial charge in [0.05, 0.1) is 13.2 Å². The second kappa shape index (κ2) is 6.96. The third kappa shape index (κ3) is 3.68. The Morgan fingerprint density at radius 3 is 2.36 bits per heavy atom. The van der Waals surface area contributed by atoms with E-state index in [2.05, 4.69) is 5.32 Å². The molecule has 0 spiro atoms. The lowest BCUT2D eigenvalue weighted by atomic mass is 10.1. The van der Waals surface area contributed by atoms with Crippen molar-refractivity contribution in [2.45, 2.75) is 19.4 Å². The van der Waals surface area contributed by atoms with Crippen LogP contribution in [-0.2, 0) is 22.6 Å². The fourth-order valence-electron chi connectivity index (χ4n) is 2.40. The zero-order valence-electron chi connectivity index (χ0n) is 12.0. The van der Waals surface area contributed by atoms with Crippen LogP contribution in [0.3, 0.4) is 0 Å². The highest BCUT2D eigenvalue weighted by Crippen LogP contribution is 2.23. The average Bonchev–Trinajstić information content (AvgIpc) is 3.06. The number of benzene rings is 2. The van der Waals surface area contributed by atoms with Gasteiger partial charge in [-0.1, -0.05) is 24.3 Å². The Morgan fingerprint density at radius 1 is 0.909 bits per heavy atom. The van der Waals surface area contributed by atoms with E-state index in [1.54, 1.807) is 6.07 Å². The predicted molar refractivity (Wildman–Crippen MR) is 78.0 cm³/mol. The lowest BCUT2D eigenvalue weighted by molar-refractivity contribution is -0.0441. The maximum absolute atomic E-state index is 13.1. The van der Waals surface area contributed by atoms with Gasteiger partial charge in [0, 0.05) is 18.7 Å². The van der Waals surface area contributed by atoms with Crippen LogP contribution in [0.5, 0.6) is 0 Å². The van der Waals surface area contributed by atoms with E-state index in [-0.39, 0.29) is 6.29 Å². The normalized spacial score (nSPS) is 15.4. The van der Waals surface area contributed by atoms with Crippen LogP contribution in [-0.4, -0.2) is 13.2 Å². The molecule has 0 saturated carbocycles. The number of nitrogens with one attached hydrogen (secondary N) is 1. The van der Waals surface area contributed by atoms with Crippen LogP contribution in [0, 0.1) is 11.6 Å². The third-order valence-electron chi connectivity index (χ3n) is 3.49. The maximum atomic E-state index is 13.1. The van der Waals surface area contributed by atoms with Gasteiger partial charge in [-0.2, -0.15) is 0 Å². The Bertz CT molecular complexity index is 642. The van der Waals surface area contributed by atoms with Crippen LogP contribution in [0.2, 0.25) is 0 Å². The van der Waals surface area contributed by atoms with Crippen LogP contribution < -0.4 is 5.32 Å². The second-order valence-corrected chi connectivity index (χ2v) is 5.17. The first kappa shape index (κ1) is 15.1. The third-order valence-corrected chi connectivity index (χ3v) is 3.49. The summed E-state index contributed by atoms with van der Waals surface area (Å²) in [5, 5.41) is 3.21. The Balaban J connectivity index is 1.57. The highest BCUT2D eigenvalue weighted by molar-refractivity contribution is 5.25. The number of hydrogen-bond acceptors (Lipinski definition) is 3. The van der Waals surface area contributed by atoms with Gasteiger partial charge in [0.15, 0.2) is 17.9 Å². The molecule has 0 atom stereocenters. The molecule has 2 aromatic carbocycles. The van der Waals surface area contributed by atoms with E-state index >= 15 is 0 Å². The molecule has 1 saturated heterocycles. The van der Waals surface area contributed by atoms with Gasteiger partial charge >= 0.3 is 0 Å². The minimum Gasteiger partial charge on any atom is -0.346 e. The zero-order valence-corrected chi connectivity index (χ0v) is 12.0. The van der Waals surface area contributed by atoms with E-state index in [9.17, 15) is 8.78 Å². The number of halogens is 2. The first-order valence-electron chi connectivity index (χ1n) is 7.19. The standard InChI is InChI=1S/C17H17F2NO2/c18-15-5-4-13(9-16(15)19)11-20-10-12-2-1-3-14(8-12)17-21-6-7-22-17/h1-5,8-9,17,20H,6-7,10-11H2. The molecule has 3 nitrogen and oxygen atoms in total. The van der Waals surface area contributed by atoms with Crippen molar-refractivity contribution in [1.29, 1.82) is 0 Å². The molecule has 0 radical (unpaired) electrons. The molecule has 2 aromatic rings. The summed E-state index contributed by atoms with van der Waals surface area (Å²) in [7, 11) is 0. The van der Waals surface area contributed by atoms with Gasteiger partial charge in [-0.25, -0.2) is 8.78 Å². The molecule has 1 aliphatic rings. The van der Waals surface area contributed by atoms with Gasteiger partial charge < -0.3 is 14.8 Å². The van der Waals surface area contributed by atoms with Crippen molar-refractivity contribution in [3.8, 4) is 0 Å². The molecule has 0 unspecified atom stereocenters. The molecule has 1 heterocycles. The van der Waals surface area contributed by atoms with E-state index in [1.165, 1.54) is 6.07 Å². The van der Waals surface area contributed by atoms with E-state index in [0.717, 1.165) is 17.2 Å². The molecular weight excluding hydrogens is 288 g/mol. The fraction of sp³-hybridized carbons (Fsp3) is 0.294. The maximum Gasteiger partial charge on any atom is 0.184 e. The van der Waals surface area contributed by atoms with Gasteiger partial charge in [-0.3, -0.25) is 0 Å². The largest absolute Gasteiger partial charge is 0.346 e. The Hall–Kier alpha value is -1.82. The van der Waals surface area contributed by atoms with Crippen LogP contribution in [0.4, 0.5) is 8.78 Å². The monoisotopic (exact) mass is 305 g/mol. The van der Waals surface area contributed by atoms with E-state index < -0.39 is 11.6 Å². The Kier molecular flexibility index (Phi) is 4.77. The second-order valence-electron chi connectivity index (χ2n) is 5.17. The van der Waals surface area contributed by atoms with Crippen LogP contribution in [0.1, 0.15) is 23.0 Å². The van der Waals surface area contributed by atoms with Crippen molar-refractivity contribution < 1.29 is 18.3 Å². The van der Waals surface area contributed by atoms with Gasteiger partial charge in [0.2, 0.25) is 0 Å². The zero-order chi connectivity index (χ0) is 15.4. The summed E-state index contributed by atoms with van der Waals surface area (Å²) in [6.07, 6.45) is -0.286. The first-order chi connectivity index (χ1) is 10.7. The number of ether oxygens (including phenoxy) is 2. The van der Waals surface area contributed by atoms with Gasteiger partial charge in [-0.05, 0) is 29.3 Å². The van der Waals surface area contributed by atoms with Crippen LogP contribution in [0.15, 0.2) is 42.5 Å². The summed E-state index contributed by atoms with van der Waals surface area (Å²) in [5.41, 5.74) is 2.78. The topological polar surface area (TPSA) is 30.5 Å². The van der Waals surface area contributed by atoms with Crippen molar-refractivity contribution in [3.05, 3.63) is 70.8 Å². The smallest absolute Gasteiger partial charge is 0.184 e. The molecule has 5 heteroatoms. The summed E-state index contributed by atoms with van der Waals surface area (Å²) in [5.74, 6) is -1.65. The molecule has 1 aliphatic heterocycles. The molecule has 0 aromatic heterocycles. The SMILES string of the molecule is Fc1ccc(CNCc2cccc(C3OCCO3)c2)cc1F. The summed E-state index contributed by atoms with van der Waals surface area (Å²) in [6, 6.07) is 11.9. The van der Waals surface area contributed by atoms with E-state index in [4.69, 9.17) is 9.47 Å². The molecule has 0 bridgehead atoms. The van der Waals surface area contributed by atoms with E-state index in [1.807, 2.05) is 24.3 Å². The van der Waals surface area contributed by atoms with Crippen LogP contribution in [0.25, 0.3) is 0 Å².